The van der Waals surface area contributed by atoms with E-state index in [2.05, 4.69) is 9.82 Å². The lowest BCUT2D eigenvalue weighted by Gasteiger charge is -2.20. The first-order chi connectivity index (χ1) is 17.5. The maximum Gasteiger partial charge on any atom is 0.269 e. The number of fused-ring (bicyclic) bond motifs is 3. The van der Waals surface area contributed by atoms with Gasteiger partial charge in [0.05, 0.1) is 16.3 Å². The van der Waals surface area contributed by atoms with Crippen LogP contribution in [0.5, 0.6) is 0 Å². The molecule has 5 rings (SSSR count). The summed E-state index contributed by atoms with van der Waals surface area (Å²) < 4.78 is 68.5. The molecule has 9 nitrogen and oxygen atoms in total. The molecule has 1 aromatic heterocycles. The van der Waals surface area contributed by atoms with E-state index in [0.29, 0.717) is 46.3 Å². The molecule has 0 fully saturated rings. The molecule has 1 atom stereocenters. The Bertz CT molecular complexity index is 1700. The third-order valence-corrected chi connectivity index (χ3v) is 8.13. The number of primary amides is 1. The molecule has 0 saturated heterocycles. The van der Waals surface area contributed by atoms with Gasteiger partial charge in [0, 0.05) is 22.9 Å². The van der Waals surface area contributed by atoms with Gasteiger partial charge in [-0.2, -0.15) is 5.10 Å². The van der Waals surface area contributed by atoms with Crippen LogP contribution in [0.2, 0.25) is 0 Å². The molecule has 3 aromatic carbocycles. The Morgan fingerprint density at radius 1 is 1.03 bits per heavy atom. The quantitative estimate of drug-likeness (QED) is 0.342. The van der Waals surface area contributed by atoms with Crippen molar-refractivity contribution in [3.05, 3.63) is 89.1 Å². The summed E-state index contributed by atoms with van der Waals surface area (Å²) in [5.41, 5.74) is 8.90. The monoisotopic (exact) mass is 543 g/mol. The first-order valence-electron chi connectivity index (χ1n) is 10.8. The van der Waals surface area contributed by atoms with E-state index in [1.165, 1.54) is 10.7 Å². The van der Waals surface area contributed by atoms with Gasteiger partial charge in [-0.15, -0.1) is 0 Å². The number of rotatable bonds is 6. The highest BCUT2D eigenvalue weighted by atomic mass is 32.2. The topological polar surface area (TPSA) is 150 Å². The smallest absolute Gasteiger partial charge is 0.269 e. The molecular formula is C24H19F2N5O4S2. The molecule has 0 saturated carbocycles. The third-order valence-electron chi connectivity index (χ3n) is 5.98. The Kier molecular flexibility index (Phi) is 6.14. The number of hydrogen-bond donors (Lipinski definition) is 3. The Morgan fingerprint density at radius 3 is 2.41 bits per heavy atom. The minimum Gasteiger partial charge on any atom is -0.364 e. The lowest BCUT2D eigenvalue weighted by atomic mass is 9.88. The van der Waals surface area contributed by atoms with E-state index in [-0.39, 0.29) is 11.4 Å². The summed E-state index contributed by atoms with van der Waals surface area (Å²) >= 11 is 0. The lowest BCUT2D eigenvalue weighted by Crippen LogP contribution is -2.16. The van der Waals surface area contributed by atoms with Crippen LogP contribution in [0.15, 0.2) is 70.5 Å². The van der Waals surface area contributed by atoms with Gasteiger partial charge in [-0.1, -0.05) is 6.07 Å². The number of sulfonamides is 1. The van der Waals surface area contributed by atoms with Crippen LogP contribution in [0, 0.1) is 11.6 Å². The zero-order valence-electron chi connectivity index (χ0n) is 18.9. The zero-order valence-corrected chi connectivity index (χ0v) is 20.6. The van der Waals surface area contributed by atoms with Crippen LogP contribution in [-0.2, 0) is 33.9 Å². The summed E-state index contributed by atoms with van der Waals surface area (Å²) in [4.78, 5) is 11.9. The summed E-state index contributed by atoms with van der Waals surface area (Å²) in [6, 6.07) is 13.4. The molecule has 0 spiro atoms. The maximum atomic E-state index is 14.2. The van der Waals surface area contributed by atoms with Crippen molar-refractivity contribution < 1.29 is 26.2 Å². The largest absolute Gasteiger partial charge is 0.364 e. The molecule has 37 heavy (non-hydrogen) atoms. The molecule has 190 valence electrons. The molecule has 1 aliphatic carbocycles. The summed E-state index contributed by atoms with van der Waals surface area (Å²) in [6.07, 6.45) is 1.01. The van der Waals surface area contributed by atoms with Crippen molar-refractivity contribution in [2.45, 2.75) is 22.6 Å². The van der Waals surface area contributed by atoms with Gasteiger partial charge in [-0.25, -0.2) is 31.2 Å². The molecule has 0 aliphatic heterocycles. The Balaban J connectivity index is 1.62. The van der Waals surface area contributed by atoms with Crippen molar-refractivity contribution in [1.29, 1.82) is 0 Å². The molecule has 1 heterocycles. The van der Waals surface area contributed by atoms with Crippen molar-refractivity contribution in [3.63, 3.8) is 0 Å². The van der Waals surface area contributed by atoms with E-state index in [4.69, 9.17) is 10.9 Å². The summed E-state index contributed by atoms with van der Waals surface area (Å²) in [6.45, 7) is 0. The molecule has 4 aromatic rings. The van der Waals surface area contributed by atoms with E-state index < -0.39 is 43.4 Å². The predicted molar refractivity (Wildman–Crippen MR) is 133 cm³/mol. The number of aryl methyl sites for hydroxylation is 1. The van der Waals surface area contributed by atoms with Crippen LogP contribution in [0.25, 0.3) is 16.9 Å². The lowest BCUT2D eigenvalue weighted by molar-refractivity contribution is 0.0994. The molecule has 13 heteroatoms. The Hall–Kier alpha value is -3.94. The number of nitrogens with one attached hydrogen (secondary N) is 1. The van der Waals surface area contributed by atoms with Crippen LogP contribution in [0.3, 0.4) is 0 Å². The van der Waals surface area contributed by atoms with Crippen LogP contribution < -0.4 is 15.6 Å². The van der Waals surface area contributed by atoms with E-state index in [1.807, 2.05) is 0 Å². The van der Waals surface area contributed by atoms with E-state index >= 15 is 0 Å². The zero-order chi connectivity index (χ0) is 26.5. The molecule has 1 aliphatic rings. The predicted octanol–water partition coefficient (Wildman–Crippen LogP) is 2.80. The van der Waals surface area contributed by atoms with E-state index in [0.717, 1.165) is 17.7 Å². The second kappa shape index (κ2) is 9.18. The summed E-state index contributed by atoms with van der Waals surface area (Å²) in [5.74, 6) is -2.84. The van der Waals surface area contributed by atoms with Gasteiger partial charge in [0.15, 0.2) is 5.69 Å². The van der Waals surface area contributed by atoms with Gasteiger partial charge in [0.25, 0.3) is 15.9 Å². The average molecular weight is 544 g/mol. The number of hydrogen-bond acceptors (Lipinski definition) is 5. The second-order valence-electron chi connectivity index (χ2n) is 8.30. The highest BCUT2D eigenvalue weighted by molar-refractivity contribution is 7.92. The van der Waals surface area contributed by atoms with Crippen molar-refractivity contribution >= 4 is 32.6 Å². The number of nitrogens with zero attached hydrogens (tertiary/aromatic N) is 2. The van der Waals surface area contributed by atoms with Gasteiger partial charge < -0.3 is 5.73 Å². The molecule has 1 amide bonds. The minimum absolute atomic E-state index is 0.0755. The Labute approximate surface area is 212 Å². The van der Waals surface area contributed by atoms with Crippen LogP contribution >= 0.6 is 0 Å². The van der Waals surface area contributed by atoms with Gasteiger partial charge in [0.1, 0.15) is 27.5 Å². The average Bonchev–Trinajstić information content (AvgIpc) is 3.24. The second-order valence-corrected chi connectivity index (χ2v) is 11.0. The number of carbonyl (C=O) groups is 1. The van der Waals surface area contributed by atoms with Gasteiger partial charge >= 0.3 is 0 Å². The molecule has 0 radical (unpaired) electrons. The first-order valence-corrected chi connectivity index (χ1v) is 13.5. The van der Waals surface area contributed by atoms with Gasteiger partial charge in [-0.05, 0) is 66.9 Å². The first kappa shape index (κ1) is 24.7. The fraction of sp³-hybridized carbons (Fsp3) is 0.0833. The van der Waals surface area contributed by atoms with Crippen molar-refractivity contribution in [1.82, 2.24) is 9.78 Å². The number of amides is 1. The van der Waals surface area contributed by atoms with E-state index in [1.54, 1.807) is 36.4 Å². The summed E-state index contributed by atoms with van der Waals surface area (Å²) in [5, 5.41) is 9.85. The fourth-order valence-electron chi connectivity index (χ4n) is 4.31. The SMILES string of the molecule is NC(=O)c1nn(-c2ccc(S(N)=O)cc2)c2c1CCc1ccc(NS(=O)(=O)c3ccc(F)cc3F)cc1-2. The molecule has 0 bridgehead atoms. The highest BCUT2D eigenvalue weighted by Crippen LogP contribution is 2.38. The number of anilines is 1. The third kappa shape index (κ3) is 4.52. The standard InChI is InChI=1S/C24H19F2N5O4S2/c25-14-3-10-21(20(26)11-14)37(34,35)30-15-4-1-13-2-9-18-22(24(27)32)29-31(23(18)19(13)12-15)16-5-7-17(8-6-16)36(28)33/h1,3-8,10-12,30H,2,9,28H2,(H2,27,32). The van der Waals surface area contributed by atoms with Crippen LogP contribution in [-0.4, -0.2) is 28.3 Å². The van der Waals surface area contributed by atoms with Crippen molar-refractivity contribution in [2.24, 2.45) is 10.9 Å². The number of nitrogens with two attached hydrogens (primary N) is 2. The number of aromatic nitrogens is 2. The van der Waals surface area contributed by atoms with Crippen LogP contribution in [0.1, 0.15) is 21.6 Å². The van der Waals surface area contributed by atoms with Crippen molar-refractivity contribution in [2.75, 3.05) is 4.72 Å². The molecule has 1 unspecified atom stereocenters. The van der Waals surface area contributed by atoms with Crippen molar-refractivity contribution in [3.8, 4) is 16.9 Å². The van der Waals surface area contributed by atoms with Gasteiger partial charge in [-0.3, -0.25) is 9.52 Å². The Morgan fingerprint density at radius 2 is 1.76 bits per heavy atom. The summed E-state index contributed by atoms with van der Waals surface area (Å²) in [7, 11) is -6.06. The van der Waals surface area contributed by atoms with E-state index in [9.17, 15) is 26.2 Å². The maximum absolute atomic E-state index is 14.2. The molecular weight excluding hydrogens is 524 g/mol. The number of carbonyl (C=O) groups excluding carboxylic acids is 1. The fourth-order valence-corrected chi connectivity index (χ4v) is 5.83. The normalized spacial score (nSPS) is 13.5. The number of benzene rings is 3. The highest BCUT2D eigenvalue weighted by Gasteiger charge is 2.29. The van der Waals surface area contributed by atoms with Gasteiger partial charge in [0.2, 0.25) is 0 Å². The number of halogens is 2. The van der Waals surface area contributed by atoms with Crippen LogP contribution in [0.4, 0.5) is 14.5 Å². The molecule has 5 N–H and O–H groups in total. The minimum atomic E-state index is -4.38.